The summed E-state index contributed by atoms with van der Waals surface area (Å²) in [4.78, 5) is 32.9. The molecule has 0 saturated carbocycles. The third kappa shape index (κ3) is 8.19. The number of hydrogen-bond acceptors (Lipinski definition) is 6. The van der Waals surface area contributed by atoms with E-state index in [0.29, 0.717) is 47.5 Å². The first kappa shape index (κ1) is 29.1. The minimum Gasteiger partial charge on any atom is -0.699 e. The van der Waals surface area contributed by atoms with Gasteiger partial charge >= 0.3 is 0 Å². The molecule has 0 bridgehead atoms. The summed E-state index contributed by atoms with van der Waals surface area (Å²) in [5, 5.41) is 0.501. The van der Waals surface area contributed by atoms with Crippen LogP contribution in [0.1, 0.15) is 23.1 Å². The average molecular weight is 553 g/mol. The second kappa shape index (κ2) is 13.8. The molecule has 0 atom stereocenters. The number of nitrogens with zero attached hydrogens (tertiary/aromatic N) is 4. The molecule has 35 heavy (non-hydrogen) atoms. The zero-order chi connectivity index (χ0) is 24.7. The molecule has 1 radical (unpaired) electrons. The number of carbonyl (C=O) groups excluding carboxylic acids is 1. The SMILES string of the molecule is CC(=O)c1cccc([NH-])c1.COCCn1c(CN2CCN(C)CC2)nc2ccc([NH-])cc2c1=O.[Y]. The number of Topliss-reactive ketones (excluding diaryl/α,β-unsaturated/α-hetero) is 1. The molecule has 1 aromatic heterocycles. The number of hydrogen-bond donors (Lipinski definition) is 0. The van der Waals surface area contributed by atoms with Crippen LogP contribution < -0.4 is 5.56 Å². The summed E-state index contributed by atoms with van der Waals surface area (Å²) in [6.07, 6.45) is 0. The number of methoxy groups -OCH3 is 1. The van der Waals surface area contributed by atoms with Crippen molar-refractivity contribution in [3.63, 3.8) is 0 Å². The summed E-state index contributed by atoms with van der Waals surface area (Å²) < 4.78 is 6.85. The Morgan fingerprint density at radius 1 is 1.06 bits per heavy atom. The molecule has 2 aromatic carbocycles. The van der Waals surface area contributed by atoms with Crippen LogP contribution >= 0.6 is 0 Å². The molecule has 0 unspecified atom stereocenters. The van der Waals surface area contributed by atoms with Gasteiger partial charge in [-0.2, -0.15) is 0 Å². The molecule has 9 nitrogen and oxygen atoms in total. The van der Waals surface area contributed by atoms with Gasteiger partial charge < -0.3 is 21.1 Å². The van der Waals surface area contributed by atoms with Crippen molar-refractivity contribution in [1.29, 1.82) is 0 Å². The van der Waals surface area contributed by atoms with Crippen LogP contribution in [0.4, 0.5) is 11.4 Å². The number of rotatable bonds is 6. The molecule has 4 rings (SSSR count). The van der Waals surface area contributed by atoms with Gasteiger partial charge in [-0.1, -0.05) is 36.4 Å². The zero-order valence-corrected chi connectivity index (χ0v) is 23.4. The molecule has 0 aliphatic carbocycles. The van der Waals surface area contributed by atoms with Crippen LogP contribution in [0.2, 0.25) is 0 Å². The molecule has 1 aliphatic heterocycles. The first-order valence-corrected chi connectivity index (χ1v) is 11.3. The Hall–Kier alpha value is -2.17. The van der Waals surface area contributed by atoms with E-state index in [-0.39, 0.29) is 44.1 Å². The van der Waals surface area contributed by atoms with Crippen LogP contribution in [0.15, 0.2) is 47.3 Å². The first-order valence-electron chi connectivity index (χ1n) is 11.3. The fourth-order valence-corrected chi connectivity index (χ4v) is 3.74. The topological polar surface area (TPSA) is 115 Å². The number of ketones is 1. The van der Waals surface area contributed by atoms with Gasteiger partial charge in [-0.15, -0.1) is 11.4 Å². The molecular formula is C25H32N6O3Y-2. The van der Waals surface area contributed by atoms with Gasteiger partial charge in [-0.25, -0.2) is 4.98 Å². The molecule has 2 N–H and O–H groups in total. The summed E-state index contributed by atoms with van der Waals surface area (Å²) >= 11 is 0. The summed E-state index contributed by atoms with van der Waals surface area (Å²) in [5.41, 5.74) is 16.8. The predicted octanol–water partition coefficient (Wildman–Crippen LogP) is 4.04. The maximum atomic E-state index is 12.9. The molecule has 0 spiro atoms. The second-order valence-electron chi connectivity index (χ2n) is 8.43. The van der Waals surface area contributed by atoms with Crippen molar-refractivity contribution in [2.24, 2.45) is 0 Å². The molecule has 1 aliphatic rings. The van der Waals surface area contributed by atoms with E-state index < -0.39 is 0 Å². The van der Waals surface area contributed by atoms with Gasteiger partial charge in [-0.3, -0.25) is 19.1 Å². The Bertz CT molecular complexity index is 1190. The fourth-order valence-electron chi connectivity index (χ4n) is 3.74. The molecular weight excluding hydrogens is 521 g/mol. The summed E-state index contributed by atoms with van der Waals surface area (Å²) in [7, 11) is 3.75. The van der Waals surface area contributed by atoms with Gasteiger partial charge in [0.2, 0.25) is 0 Å². The molecule has 0 amide bonds. The van der Waals surface area contributed by atoms with Gasteiger partial charge in [0.05, 0.1) is 30.6 Å². The van der Waals surface area contributed by atoms with E-state index in [9.17, 15) is 9.59 Å². The zero-order valence-electron chi connectivity index (χ0n) is 20.6. The molecule has 185 valence electrons. The molecule has 3 aromatic rings. The molecule has 1 fully saturated rings. The average Bonchev–Trinajstić information content (AvgIpc) is 2.81. The second-order valence-corrected chi connectivity index (χ2v) is 8.43. The Morgan fingerprint density at radius 3 is 2.34 bits per heavy atom. The van der Waals surface area contributed by atoms with Gasteiger partial charge in [-0.05, 0) is 20.0 Å². The minimum atomic E-state index is -0.0877. The van der Waals surface area contributed by atoms with Crippen molar-refractivity contribution in [2.45, 2.75) is 20.0 Å². The van der Waals surface area contributed by atoms with E-state index in [1.54, 1.807) is 54.1 Å². The number of nitrogens with one attached hydrogen (secondary N) is 2. The van der Waals surface area contributed by atoms with Gasteiger partial charge in [0.1, 0.15) is 5.82 Å². The standard InChI is InChI=1S/C17H24N5O2.C8H8NO.Y/c1-20-5-7-21(8-6-20)12-16-19-15-4-3-13(18)11-14(15)17(23)22(16)9-10-24-2;1-6(10)7-3-2-4-8(9)5-7;/h3-4,11,18H,5-10,12H2,1-2H3;2-5,9H,1H3;/q2*-1;. The monoisotopic (exact) mass is 553 g/mol. The smallest absolute Gasteiger partial charge is 0.261 e. The van der Waals surface area contributed by atoms with Crippen LogP contribution in [-0.2, 0) is 50.5 Å². The van der Waals surface area contributed by atoms with Crippen molar-refractivity contribution < 1.29 is 42.2 Å². The normalized spacial score (nSPS) is 14.1. The van der Waals surface area contributed by atoms with Crippen LogP contribution in [0.3, 0.4) is 0 Å². The Balaban J connectivity index is 0.000000332. The maximum absolute atomic E-state index is 12.9. The van der Waals surface area contributed by atoms with E-state index in [1.807, 2.05) is 0 Å². The third-order valence-electron chi connectivity index (χ3n) is 5.78. The van der Waals surface area contributed by atoms with E-state index in [2.05, 4.69) is 16.8 Å². The number of ether oxygens (including phenoxy) is 1. The van der Waals surface area contributed by atoms with Crippen molar-refractivity contribution in [3.05, 3.63) is 75.7 Å². The van der Waals surface area contributed by atoms with Crippen molar-refractivity contribution in [3.8, 4) is 0 Å². The minimum absolute atomic E-state index is 0. The third-order valence-corrected chi connectivity index (χ3v) is 5.78. The molecule has 10 heteroatoms. The van der Waals surface area contributed by atoms with Gasteiger partial charge in [0, 0.05) is 71.6 Å². The van der Waals surface area contributed by atoms with Gasteiger partial charge in [0.15, 0.2) is 5.78 Å². The Labute approximate surface area is 231 Å². The van der Waals surface area contributed by atoms with E-state index >= 15 is 0 Å². The molecule has 2 heterocycles. The van der Waals surface area contributed by atoms with Crippen molar-refractivity contribution in [2.75, 3.05) is 46.9 Å². The van der Waals surface area contributed by atoms with Crippen LogP contribution in [0.25, 0.3) is 22.4 Å². The number of benzene rings is 2. The number of aromatic nitrogens is 2. The quantitative estimate of drug-likeness (QED) is 0.426. The van der Waals surface area contributed by atoms with Crippen LogP contribution in [0, 0.1) is 0 Å². The van der Waals surface area contributed by atoms with Crippen molar-refractivity contribution >= 4 is 28.1 Å². The number of fused-ring (bicyclic) bond motifs is 1. The van der Waals surface area contributed by atoms with Crippen molar-refractivity contribution in [1.82, 2.24) is 19.4 Å². The Morgan fingerprint density at radius 2 is 1.74 bits per heavy atom. The van der Waals surface area contributed by atoms with Gasteiger partial charge in [0.25, 0.3) is 5.56 Å². The largest absolute Gasteiger partial charge is 0.699 e. The fraction of sp³-hybridized carbons (Fsp3) is 0.400. The van der Waals surface area contributed by atoms with Crippen LogP contribution in [0.5, 0.6) is 0 Å². The summed E-state index contributed by atoms with van der Waals surface area (Å²) in [6.45, 7) is 7.09. The number of likely N-dealkylation sites (N-methyl/N-ethyl adjacent to an activating group) is 1. The van der Waals surface area contributed by atoms with E-state index in [4.69, 9.17) is 21.2 Å². The molecule has 1 saturated heterocycles. The van der Waals surface area contributed by atoms with E-state index in [0.717, 1.165) is 32.0 Å². The van der Waals surface area contributed by atoms with E-state index in [1.165, 1.54) is 6.92 Å². The van der Waals surface area contributed by atoms with Crippen LogP contribution in [-0.4, -0.2) is 72.1 Å². The number of piperazine rings is 1. The number of carbonyl (C=O) groups is 1. The predicted molar refractivity (Wildman–Crippen MR) is 135 cm³/mol. The maximum Gasteiger partial charge on any atom is 0.261 e. The summed E-state index contributed by atoms with van der Waals surface area (Å²) in [6, 6.07) is 11.6. The first-order chi connectivity index (χ1) is 16.3. The summed E-state index contributed by atoms with van der Waals surface area (Å²) in [5.74, 6) is 0.779. The Kier molecular flexibility index (Phi) is 11.5.